The van der Waals surface area contributed by atoms with Gasteiger partial charge in [-0.25, -0.2) is 0 Å². The minimum Gasteiger partial charge on any atom is -0.342 e. The summed E-state index contributed by atoms with van der Waals surface area (Å²) in [6.45, 7) is 2.92. The maximum Gasteiger partial charge on any atom is 0.269 e. The van der Waals surface area contributed by atoms with Crippen molar-refractivity contribution < 1.29 is 14.4 Å². The van der Waals surface area contributed by atoms with E-state index in [2.05, 4.69) is 26.8 Å². The van der Waals surface area contributed by atoms with Crippen molar-refractivity contribution in [3.05, 3.63) is 34.3 Å². The fourth-order valence-corrected chi connectivity index (χ4v) is 2.80. The molecule has 124 valence electrons. The molecule has 0 spiro atoms. The molecule has 1 aromatic carbocycles. The smallest absolute Gasteiger partial charge is 0.269 e. The number of hydrazine groups is 1. The van der Waals surface area contributed by atoms with E-state index >= 15 is 0 Å². The van der Waals surface area contributed by atoms with Gasteiger partial charge in [0.05, 0.1) is 5.92 Å². The topological polar surface area (TPSA) is 78.5 Å². The summed E-state index contributed by atoms with van der Waals surface area (Å²) in [5, 5.41) is 0. The molecular formula is C16H20BrN3O3. The van der Waals surface area contributed by atoms with Crippen LogP contribution in [0.15, 0.2) is 28.7 Å². The summed E-state index contributed by atoms with van der Waals surface area (Å²) in [4.78, 5) is 37.6. The van der Waals surface area contributed by atoms with Crippen LogP contribution in [0, 0.1) is 5.92 Å². The van der Waals surface area contributed by atoms with Crippen LogP contribution in [0.4, 0.5) is 0 Å². The zero-order valence-corrected chi connectivity index (χ0v) is 14.6. The molecule has 0 radical (unpaired) electrons. The summed E-state index contributed by atoms with van der Waals surface area (Å²) < 4.78 is 0.876. The van der Waals surface area contributed by atoms with Gasteiger partial charge in [0.25, 0.3) is 5.91 Å². The van der Waals surface area contributed by atoms with E-state index in [9.17, 15) is 14.4 Å². The summed E-state index contributed by atoms with van der Waals surface area (Å²) >= 11 is 3.30. The van der Waals surface area contributed by atoms with Gasteiger partial charge < -0.3 is 4.90 Å². The van der Waals surface area contributed by atoms with Crippen LogP contribution in [0.3, 0.4) is 0 Å². The van der Waals surface area contributed by atoms with Crippen molar-refractivity contribution in [3.8, 4) is 0 Å². The van der Waals surface area contributed by atoms with Crippen molar-refractivity contribution in [1.82, 2.24) is 15.8 Å². The fraction of sp³-hybridized carbons (Fsp3) is 0.438. The normalized spacial score (nSPS) is 17.5. The quantitative estimate of drug-likeness (QED) is 0.784. The first-order chi connectivity index (χ1) is 11.0. The van der Waals surface area contributed by atoms with Crippen LogP contribution in [0.2, 0.25) is 0 Å². The lowest BCUT2D eigenvalue weighted by atomic mass is 9.97. The molecule has 1 aliphatic rings. The Morgan fingerprint density at radius 1 is 1.22 bits per heavy atom. The van der Waals surface area contributed by atoms with E-state index in [1.165, 1.54) is 0 Å². The highest BCUT2D eigenvalue weighted by Crippen LogP contribution is 2.17. The van der Waals surface area contributed by atoms with E-state index in [4.69, 9.17) is 0 Å². The fourth-order valence-electron chi connectivity index (χ4n) is 2.54. The van der Waals surface area contributed by atoms with Gasteiger partial charge in [0.2, 0.25) is 11.8 Å². The van der Waals surface area contributed by atoms with Gasteiger partial charge >= 0.3 is 0 Å². The van der Waals surface area contributed by atoms with E-state index in [-0.39, 0.29) is 23.6 Å². The number of hydrogen-bond acceptors (Lipinski definition) is 3. The van der Waals surface area contributed by atoms with E-state index < -0.39 is 0 Å². The average molecular weight is 382 g/mol. The van der Waals surface area contributed by atoms with Crippen LogP contribution < -0.4 is 10.9 Å². The Kier molecular flexibility index (Phi) is 6.15. The predicted molar refractivity (Wildman–Crippen MR) is 89.3 cm³/mol. The monoisotopic (exact) mass is 381 g/mol. The third kappa shape index (κ3) is 4.79. The molecule has 1 saturated heterocycles. The third-order valence-electron chi connectivity index (χ3n) is 3.85. The number of benzene rings is 1. The molecule has 2 N–H and O–H groups in total. The largest absolute Gasteiger partial charge is 0.342 e. The van der Waals surface area contributed by atoms with E-state index in [0.29, 0.717) is 31.5 Å². The molecule has 23 heavy (non-hydrogen) atoms. The van der Waals surface area contributed by atoms with Crippen LogP contribution in [0.25, 0.3) is 0 Å². The zero-order chi connectivity index (χ0) is 16.8. The summed E-state index contributed by atoms with van der Waals surface area (Å²) in [5.41, 5.74) is 5.33. The molecule has 1 aliphatic heterocycles. The number of nitrogens with zero attached hydrogens (tertiary/aromatic N) is 1. The van der Waals surface area contributed by atoms with Crippen molar-refractivity contribution in [3.63, 3.8) is 0 Å². The number of amides is 3. The Labute approximate surface area is 143 Å². The molecule has 0 aromatic heterocycles. The summed E-state index contributed by atoms with van der Waals surface area (Å²) in [7, 11) is 0. The van der Waals surface area contributed by atoms with Crippen LogP contribution in [-0.2, 0) is 9.59 Å². The first-order valence-electron chi connectivity index (χ1n) is 7.64. The molecule has 1 fully saturated rings. The number of hydrogen-bond donors (Lipinski definition) is 2. The third-order valence-corrected chi connectivity index (χ3v) is 4.38. The lowest BCUT2D eigenvalue weighted by Crippen LogP contribution is -2.49. The highest BCUT2D eigenvalue weighted by molar-refractivity contribution is 9.10. The molecule has 1 atom stereocenters. The summed E-state index contributed by atoms with van der Waals surface area (Å²) in [6, 6.07) is 6.83. The standard InChI is InChI=1S/C16H20BrN3O3/c1-2-14(21)20-9-3-4-12(10-20)16(23)19-18-15(22)11-5-7-13(17)8-6-11/h5-8,12H,2-4,9-10H2,1H3,(H,18,22)(H,19,23). The van der Waals surface area contributed by atoms with Gasteiger partial charge in [0.1, 0.15) is 0 Å². The maximum atomic E-state index is 12.2. The van der Waals surface area contributed by atoms with Crippen molar-refractivity contribution in [2.75, 3.05) is 13.1 Å². The molecule has 0 bridgehead atoms. The second-order valence-electron chi connectivity index (χ2n) is 5.48. The van der Waals surface area contributed by atoms with Gasteiger partial charge in [-0.3, -0.25) is 25.2 Å². The van der Waals surface area contributed by atoms with Gasteiger partial charge in [-0.05, 0) is 37.1 Å². The molecule has 1 unspecified atom stereocenters. The van der Waals surface area contributed by atoms with Gasteiger partial charge in [0.15, 0.2) is 0 Å². The molecule has 6 nitrogen and oxygen atoms in total. The Morgan fingerprint density at radius 2 is 1.91 bits per heavy atom. The van der Waals surface area contributed by atoms with Gasteiger partial charge in [-0.1, -0.05) is 22.9 Å². The summed E-state index contributed by atoms with van der Waals surface area (Å²) in [5.74, 6) is -0.863. The first kappa shape index (κ1) is 17.5. The molecular weight excluding hydrogens is 362 g/mol. The Morgan fingerprint density at radius 3 is 2.57 bits per heavy atom. The van der Waals surface area contributed by atoms with Gasteiger partial charge in [-0.2, -0.15) is 0 Å². The highest BCUT2D eigenvalue weighted by Gasteiger charge is 2.27. The Hall–Kier alpha value is -1.89. The first-order valence-corrected chi connectivity index (χ1v) is 8.44. The molecule has 0 aliphatic carbocycles. The molecule has 1 aromatic rings. The van der Waals surface area contributed by atoms with Crippen LogP contribution in [-0.4, -0.2) is 35.7 Å². The van der Waals surface area contributed by atoms with Crippen LogP contribution >= 0.6 is 15.9 Å². The molecule has 7 heteroatoms. The van der Waals surface area contributed by atoms with Crippen molar-refractivity contribution >= 4 is 33.7 Å². The lowest BCUT2D eigenvalue weighted by Gasteiger charge is -2.31. The highest BCUT2D eigenvalue weighted by atomic mass is 79.9. The predicted octanol–water partition coefficient (Wildman–Crippen LogP) is 1.86. The molecule has 3 amide bonds. The lowest BCUT2D eigenvalue weighted by molar-refractivity contribution is -0.135. The number of carbonyl (C=O) groups is 3. The number of carbonyl (C=O) groups excluding carboxylic acids is 3. The van der Waals surface area contributed by atoms with Crippen molar-refractivity contribution in [2.24, 2.45) is 5.92 Å². The Bertz CT molecular complexity index is 589. The van der Waals surface area contributed by atoms with Gasteiger partial charge in [0, 0.05) is 29.5 Å². The zero-order valence-electron chi connectivity index (χ0n) is 13.0. The minimum absolute atomic E-state index is 0.0569. The second-order valence-corrected chi connectivity index (χ2v) is 6.40. The molecule has 1 heterocycles. The number of halogens is 1. The minimum atomic E-state index is -0.372. The van der Waals surface area contributed by atoms with E-state index in [1.54, 1.807) is 29.2 Å². The number of nitrogens with one attached hydrogen (secondary N) is 2. The van der Waals surface area contributed by atoms with Crippen LogP contribution in [0.1, 0.15) is 36.5 Å². The Balaban J connectivity index is 1.85. The SMILES string of the molecule is CCC(=O)N1CCCC(C(=O)NNC(=O)c2ccc(Br)cc2)C1. The van der Waals surface area contributed by atoms with Crippen molar-refractivity contribution in [1.29, 1.82) is 0 Å². The van der Waals surface area contributed by atoms with E-state index in [1.807, 2.05) is 6.92 Å². The van der Waals surface area contributed by atoms with E-state index in [0.717, 1.165) is 10.9 Å². The van der Waals surface area contributed by atoms with Gasteiger partial charge in [-0.15, -0.1) is 0 Å². The average Bonchev–Trinajstić information content (AvgIpc) is 2.59. The maximum absolute atomic E-state index is 12.2. The van der Waals surface area contributed by atoms with Crippen molar-refractivity contribution in [2.45, 2.75) is 26.2 Å². The number of piperidine rings is 1. The molecule has 2 rings (SSSR count). The van der Waals surface area contributed by atoms with Crippen LogP contribution in [0.5, 0.6) is 0 Å². The number of likely N-dealkylation sites (tertiary alicyclic amines) is 1. The molecule has 0 saturated carbocycles. The second kappa shape index (κ2) is 8.10. The number of rotatable bonds is 3. The summed E-state index contributed by atoms with van der Waals surface area (Å²) in [6.07, 6.45) is 1.95.